The van der Waals surface area contributed by atoms with Crippen molar-refractivity contribution >= 4 is 43.2 Å². The van der Waals surface area contributed by atoms with Crippen molar-refractivity contribution in [1.29, 1.82) is 0 Å². The number of nitrogen functional groups attached to an aromatic ring is 1. The first kappa shape index (κ1) is 33.4. The Morgan fingerprint density at radius 1 is 0.800 bits per heavy atom. The lowest BCUT2D eigenvalue weighted by Gasteiger charge is -2.30. The molecule has 0 spiro atoms. The average Bonchev–Trinajstić information content (AvgIpc) is 3.55. The lowest BCUT2D eigenvalue weighted by atomic mass is 9.98. The van der Waals surface area contributed by atoms with E-state index in [0.717, 1.165) is 57.2 Å². The van der Waals surface area contributed by atoms with E-state index in [1.165, 1.54) is 38.9 Å². The molecular formula is C32H40ClN5O5S2. The Balaban J connectivity index is 1.42. The summed E-state index contributed by atoms with van der Waals surface area (Å²) in [6.07, 6.45) is 5.12. The number of carbonyl (C=O) groups is 1. The summed E-state index contributed by atoms with van der Waals surface area (Å²) in [5.41, 5.74) is 13.2. The molecule has 1 saturated heterocycles. The number of amides is 1. The predicted octanol–water partition coefficient (Wildman–Crippen LogP) is 4.35. The van der Waals surface area contributed by atoms with Gasteiger partial charge in [-0.3, -0.25) is 4.79 Å². The molecule has 0 aromatic heterocycles. The molecule has 5 rings (SSSR count). The first-order valence-corrected chi connectivity index (χ1v) is 18.5. The highest BCUT2D eigenvalue weighted by molar-refractivity contribution is 7.89. The van der Waals surface area contributed by atoms with E-state index in [9.17, 15) is 21.6 Å². The highest BCUT2D eigenvalue weighted by atomic mass is 35.5. The summed E-state index contributed by atoms with van der Waals surface area (Å²) < 4.78 is 59.1. The van der Waals surface area contributed by atoms with Crippen LogP contribution in [0.4, 0.5) is 5.69 Å². The van der Waals surface area contributed by atoms with Crippen LogP contribution in [0.2, 0.25) is 5.02 Å². The van der Waals surface area contributed by atoms with Crippen molar-refractivity contribution in [2.45, 2.75) is 67.4 Å². The van der Waals surface area contributed by atoms with Gasteiger partial charge in [0.1, 0.15) is 0 Å². The molecule has 2 fully saturated rings. The third-order valence-electron chi connectivity index (χ3n) is 8.71. The highest BCUT2D eigenvalue weighted by Crippen LogP contribution is 2.32. The third kappa shape index (κ3) is 7.87. The van der Waals surface area contributed by atoms with Crippen LogP contribution in [0, 0.1) is 5.92 Å². The number of anilines is 1. The van der Waals surface area contributed by atoms with Crippen LogP contribution in [-0.2, 0) is 33.1 Å². The smallest absolute Gasteiger partial charge is 0.250 e. The molecule has 0 radical (unpaired) electrons. The third-order valence-corrected chi connectivity index (χ3v) is 12.7. The molecule has 1 saturated carbocycles. The molecule has 1 aliphatic carbocycles. The zero-order chi connectivity index (χ0) is 32.2. The van der Waals surface area contributed by atoms with Crippen molar-refractivity contribution < 1.29 is 21.6 Å². The number of rotatable bonds is 12. The van der Waals surface area contributed by atoms with E-state index in [-0.39, 0.29) is 52.6 Å². The number of benzene rings is 3. The zero-order valence-electron chi connectivity index (χ0n) is 25.1. The number of nitrogens with zero attached hydrogens (tertiary/aromatic N) is 2. The zero-order valence-corrected chi connectivity index (χ0v) is 27.5. The van der Waals surface area contributed by atoms with E-state index in [4.69, 9.17) is 23.1 Å². The van der Waals surface area contributed by atoms with Crippen LogP contribution < -0.4 is 16.8 Å². The molecular weight excluding hydrogens is 634 g/mol. The summed E-state index contributed by atoms with van der Waals surface area (Å²) in [7, 11) is -7.96. The van der Waals surface area contributed by atoms with E-state index < -0.39 is 26.0 Å². The second-order valence-electron chi connectivity index (χ2n) is 11.9. The molecule has 1 amide bonds. The van der Waals surface area contributed by atoms with Gasteiger partial charge in [0, 0.05) is 36.4 Å². The summed E-state index contributed by atoms with van der Waals surface area (Å²) in [6.45, 7) is 2.13. The predicted molar refractivity (Wildman–Crippen MR) is 175 cm³/mol. The molecule has 3 aromatic rings. The molecule has 45 heavy (non-hydrogen) atoms. The molecule has 0 bridgehead atoms. The molecule has 242 valence electrons. The number of halogens is 1. The fourth-order valence-corrected chi connectivity index (χ4v) is 9.48. The van der Waals surface area contributed by atoms with Crippen molar-refractivity contribution in [3.05, 3.63) is 88.4 Å². The van der Waals surface area contributed by atoms with Crippen LogP contribution in [0.1, 0.15) is 60.0 Å². The molecule has 10 nitrogen and oxygen atoms in total. The fourth-order valence-electron chi connectivity index (χ4n) is 6.18. The standard InChI is InChI=1S/C32H40ClN5O5S2/c33-26-8-5-23(6-9-26)22-38(27-3-1-2-4-27)45(42,43)29-12-10-28(11-13-29)44(40,41)37(20-24-15-17-36-18-16-24)21-25-7-14-30(32(35)39)31(34)19-25/h5-14,19,24,27,36H,1-4,15-18,20-22,34H2,(H2,35,39). The first-order valence-electron chi connectivity index (χ1n) is 15.2. The fraction of sp³-hybridized carbons (Fsp3) is 0.406. The molecule has 0 unspecified atom stereocenters. The molecule has 3 aromatic carbocycles. The van der Waals surface area contributed by atoms with Crippen LogP contribution in [-0.4, -0.2) is 57.0 Å². The number of nitrogens with two attached hydrogens (primary N) is 2. The number of piperidine rings is 1. The van der Waals surface area contributed by atoms with Crippen LogP contribution in [0.15, 0.2) is 76.5 Å². The summed E-state index contributed by atoms with van der Waals surface area (Å²) in [5, 5.41) is 3.88. The summed E-state index contributed by atoms with van der Waals surface area (Å²) in [6, 6.07) is 17.2. The van der Waals surface area contributed by atoms with Gasteiger partial charge in [-0.05, 0) is 104 Å². The monoisotopic (exact) mass is 673 g/mol. The Morgan fingerprint density at radius 2 is 1.38 bits per heavy atom. The van der Waals surface area contributed by atoms with Gasteiger partial charge in [0.15, 0.2) is 0 Å². The minimum atomic E-state index is -4.03. The summed E-state index contributed by atoms with van der Waals surface area (Å²) >= 11 is 6.05. The second-order valence-corrected chi connectivity index (χ2v) is 16.1. The largest absolute Gasteiger partial charge is 0.398 e. The minimum absolute atomic E-state index is 0.00206. The van der Waals surface area contributed by atoms with Gasteiger partial charge < -0.3 is 16.8 Å². The van der Waals surface area contributed by atoms with Crippen molar-refractivity contribution in [3.63, 3.8) is 0 Å². The maximum absolute atomic E-state index is 14.1. The van der Waals surface area contributed by atoms with E-state index in [1.807, 2.05) is 12.1 Å². The van der Waals surface area contributed by atoms with Crippen molar-refractivity contribution in [2.75, 3.05) is 25.4 Å². The van der Waals surface area contributed by atoms with Gasteiger partial charge in [0.05, 0.1) is 15.4 Å². The lowest BCUT2D eigenvalue weighted by Crippen LogP contribution is -2.39. The number of nitrogens with one attached hydrogen (secondary N) is 1. The van der Waals surface area contributed by atoms with Gasteiger partial charge >= 0.3 is 0 Å². The van der Waals surface area contributed by atoms with Gasteiger partial charge in [-0.1, -0.05) is 42.6 Å². The molecule has 2 aliphatic rings. The van der Waals surface area contributed by atoms with Crippen LogP contribution in [0.5, 0.6) is 0 Å². The summed E-state index contributed by atoms with van der Waals surface area (Å²) in [4.78, 5) is 11.7. The van der Waals surface area contributed by atoms with E-state index in [2.05, 4.69) is 5.32 Å². The Labute approximate surface area is 270 Å². The number of sulfonamides is 2. The molecule has 13 heteroatoms. The van der Waals surface area contributed by atoms with Crippen molar-refractivity contribution in [2.24, 2.45) is 11.7 Å². The molecule has 1 aliphatic heterocycles. The molecule has 1 heterocycles. The topological polar surface area (TPSA) is 156 Å². The van der Waals surface area contributed by atoms with Gasteiger partial charge in [-0.25, -0.2) is 16.8 Å². The normalized spacial score (nSPS) is 16.9. The van der Waals surface area contributed by atoms with Gasteiger partial charge in [0.25, 0.3) is 5.91 Å². The second kappa shape index (κ2) is 14.2. The molecule has 5 N–H and O–H groups in total. The van der Waals surface area contributed by atoms with E-state index in [0.29, 0.717) is 10.6 Å². The van der Waals surface area contributed by atoms with Gasteiger partial charge in [-0.2, -0.15) is 8.61 Å². The SMILES string of the molecule is NC(=O)c1ccc(CN(CC2CCNCC2)S(=O)(=O)c2ccc(S(=O)(=O)N(Cc3ccc(Cl)cc3)C3CCCC3)cc2)cc1N. The quantitative estimate of drug-likeness (QED) is 0.242. The Kier molecular flexibility index (Phi) is 10.5. The van der Waals surface area contributed by atoms with Crippen molar-refractivity contribution in [3.8, 4) is 0 Å². The maximum Gasteiger partial charge on any atom is 0.250 e. The van der Waals surface area contributed by atoms with E-state index >= 15 is 0 Å². The number of hydrogen-bond acceptors (Lipinski definition) is 7. The molecule has 0 atom stereocenters. The van der Waals surface area contributed by atoms with Crippen LogP contribution in [0.3, 0.4) is 0 Å². The Hall–Kier alpha value is -3.00. The van der Waals surface area contributed by atoms with Crippen LogP contribution >= 0.6 is 11.6 Å². The minimum Gasteiger partial charge on any atom is -0.398 e. The van der Waals surface area contributed by atoms with Crippen LogP contribution in [0.25, 0.3) is 0 Å². The first-order chi connectivity index (χ1) is 21.4. The van der Waals surface area contributed by atoms with E-state index in [1.54, 1.807) is 24.3 Å². The van der Waals surface area contributed by atoms with Crippen molar-refractivity contribution in [1.82, 2.24) is 13.9 Å². The average molecular weight is 674 g/mol. The Bertz CT molecular complexity index is 1710. The number of hydrogen-bond donors (Lipinski definition) is 3. The number of primary amides is 1. The maximum atomic E-state index is 14.1. The number of carbonyl (C=O) groups excluding carboxylic acids is 1. The highest BCUT2D eigenvalue weighted by Gasteiger charge is 2.34. The van der Waals surface area contributed by atoms with Gasteiger partial charge in [-0.15, -0.1) is 0 Å². The summed E-state index contributed by atoms with van der Waals surface area (Å²) in [5.74, 6) is -0.510. The van der Waals surface area contributed by atoms with Gasteiger partial charge in [0.2, 0.25) is 20.0 Å². The Morgan fingerprint density at radius 3 is 1.96 bits per heavy atom. The lowest BCUT2D eigenvalue weighted by molar-refractivity contribution is 0.100.